The van der Waals surface area contributed by atoms with Gasteiger partial charge in [0.2, 0.25) is 5.82 Å². The molecule has 0 aliphatic carbocycles. The number of hydrogen-bond acceptors (Lipinski definition) is 5. The minimum atomic E-state index is -1.72. The lowest BCUT2D eigenvalue weighted by molar-refractivity contribution is 0.0727. The SMILES string of the molecule is Cc1c(F)ccc(C(F)N2CCN(c3nn(C)c(=O)n(C)c3=O)CC2)c1F. The zero-order valence-electron chi connectivity index (χ0n) is 15.2. The number of alkyl halides is 1. The molecule has 1 unspecified atom stereocenters. The number of piperazine rings is 1. The van der Waals surface area contributed by atoms with Crippen LogP contribution in [0.1, 0.15) is 17.4 Å². The second-order valence-corrected chi connectivity index (χ2v) is 6.53. The molecule has 0 N–H and O–H groups in total. The summed E-state index contributed by atoms with van der Waals surface area (Å²) in [6, 6.07) is 2.16. The van der Waals surface area contributed by atoms with E-state index in [-0.39, 0.29) is 43.1 Å². The quantitative estimate of drug-likeness (QED) is 0.736. The van der Waals surface area contributed by atoms with Gasteiger partial charge in [-0.3, -0.25) is 14.3 Å². The number of nitrogens with zero attached hydrogens (tertiary/aromatic N) is 5. The average molecular weight is 383 g/mol. The molecule has 0 bridgehead atoms. The lowest BCUT2D eigenvalue weighted by Crippen LogP contribution is -2.51. The lowest BCUT2D eigenvalue weighted by atomic mass is 10.1. The minimum absolute atomic E-state index is 0.110. The van der Waals surface area contributed by atoms with E-state index in [1.165, 1.54) is 25.9 Å². The molecule has 1 aromatic carbocycles. The predicted octanol–water partition coefficient (Wildman–Crippen LogP) is 0.856. The van der Waals surface area contributed by atoms with Gasteiger partial charge in [0.25, 0.3) is 5.56 Å². The minimum Gasteiger partial charge on any atom is -0.348 e. The Morgan fingerprint density at radius 1 is 1.07 bits per heavy atom. The summed E-state index contributed by atoms with van der Waals surface area (Å²) in [6.45, 7) is 2.25. The van der Waals surface area contributed by atoms with Crippen LogP contribution in [-0.4, -0.2) is 45.4 Å². The summed E-state index contributed by atoms with van der Waals surface area (Å²) in [7, 11) is 2.81. The molecule has 1 aromatic heterocycles. The molecule has 0 spiro atoms. The monoisotopic (exact) mass is 383 g/mol. The zero-order chi connectivity index (χ0) is 19.9. The van der Waals surface area contributed by atoms with Crippen molar-refractivity contribution >= 4 is 5.82 Å². The summed E-state index contributed by atoms with van der Waals surface area (Å²) < 4.78 is 44.4. The van der Waals surface area contributed by atoms with Crippen molar-refractivity contribution in [1.82, 2.24) is 19.2 Å². The Labute approximate surface area is 153 Å². The third kappa shape index (κ3) is 3.36. The maximum Gasteiger partial charge on any atom is 0.346 e. The molecule has 3 rings (SSSR count). The van der Waals surface area contributed by atoms with Crippen LogP contribution in [0, 0.1) is 18.6 Å². The van der Waals surface area contributed by atoms with E-state index in [4.69, 9.17) is 0 Å². The Bertz CT molecular complexity index is 980. The van der Waals surface area contributed by atoms with Crippen LogP contribution in [-0.2, 0) is 14.1 Å². The normalized spacial score (nSPS) is 16.6. The van der Waals surface area contributed by atoms with Crippen molar-refractivity contribution in [2.45, 2.75) is 13.2 Å². The Balaban J connectivity index is 1.77. The first-order valence-electron chi connectivity index (χ1n) is 8.44. The zero-order valence-corrected chi connectivity index (χ0v) is 15.2. The number of halogens is 3. The highest BCUT2D eigenvalue weighted by Crippen LogP contribution is 2.28. The van der Waals surface area contributed by atoms with Crippen molar-refractivity contribution in [1.29, 1.82) is 0 Å². The number of rotatable bonds is 3. The van der Waals surface area contributed by atoms with Crippen molar-refractivity contribution < 1.29 is 13.2 Å². The molecule has 0 radical (unpaired) electrons. The van der Waals surface area contributed by atoms with Crippen LogP contribution in [0.25, 0.3) is 0 Å². The van der Waals surface area contributed by atoms with Crippen molar-refractivity contribution in [3.8, 4) is 0 Å². The van der Waals surface area contributed by atoms with Gasteiger partial charge in [-0.25, -0.2) is 22.6 Å². The van der Waals surface area contributed by atoms with Crippen molar-refractivity contribution in [3.63, 3.8) is 0 Å². The molecule has 1 aliphatic rings. The number of benzene rings is 1. The van der Waals surface area contributed by atoms with Gasteiger partial charge in [0.15, 0.2) is 6.30 Å². The predicted molar refractivity (Wildman–Crippen MR) is 93.4 cm³/mol. The summed E-state index contributed by atoms with van der Waals surface area (Å²) in [5.74, 6) is -1.50. The summed E-state index contributed by atoms with van der Waals surface area (Å²) in [5.41, 5.74) is -1.48. The van der Waals surface area contributed by atoms with Crippen molar-refractivity contribution in [3.05, 3.63) is 55.7 Å². The summed E-state index contributed by atoms with van der Waals surface area (Å²) in [4.78, 5) is 27.1. The fourth-order valence-corrected chi connectivity index (χ4v) is 3.10. The molecule has 1 atom stereocenters. The van der Waals surface area contributed by atoms with Crippen LogP contribution < -0.4 is 16.1 Å². The van der Waals surface area contributed by atoms with Crippen LogP contribution in [0.3, 0.4) is 0 Å². The van der Waals surface area contributed by atoms with Gasteiger partial charge in [0.05, 0.1) is 0 Å². The molecule has 7 nitrogen and oxygen atoms in total. The number of aryl methyl sites for hydroxylation is 1. The maximum atomic E-state index is 14.8. The molecule has 0 saturated carbocycles. The van der Waals surface area contributed by atoms with Gasteiger partial charge >= 0.3 is 5.69 Å². The van der Waals surface area contributed by atoms with E-state index in [2.05, 4.69) is 5.10 Å². The first kappa shape index (κ1) is 19.2. The van der Waals surface area contributed by atoms with E-state index in [0.29, 0.717) is 0 Å². The smallest absolute Gasteiger partial charge is 0.346 e. The van der Waals surface area contributed by atoms with E-state index < -0.39 is 29.2 Å². The largest absolute Gasteiger partial charge is 0.348 e. The molecule has 1 aliphatic heterocycles. The van der Waals surface area contributed by atoms with Crippen LogP contribution in [0.5, 0.6) is 0 Å². The Hall–Kier alpha value is -2.62. The fraction of sp³-hybridized carbons (Fsp3) is 0.471. The van der Waals surface area contributed by atoms with Gasteiger partial charge in [0, 0.05) is 51.4 Å². The molecule has 2 aromatic rings. The van der Waals surface area contributed by atoms with Crippen LogP contribution in [0.4, 0.5) is 19.0 Å². The Morgan fingerprint density at radius 2 is 1.70 bits per heavy atom. The average Bonchev–Trinajstić information content (AvgIpc) is 2.67. The fourth-order valence-electron chi connectivity index (χ4n) is 3.10. The molecule has 1 saturated heterocycles. The molecule has 1 fully saturated rings. The first-order chi connectivity index (χ1) is 12.7. The van der Waals surface area contributed by atoms with E-state index in [0.717, 1.165) is 21.4 Å². The van der Waals surface area contributed by atoms with Gasteiger partial charge in [-0.05, 0) is 19.1 Å². The van der Waals surface area contributed by atoms with E-state index in [1.807, 2.05) is 0 Å². The summed E-state index contributed by atoms with van der Waals surface area (Å²) in [6.07, 6.45) is -1.72. The number of hydrogen-bond donors (Lipinski definition) is 0. The summed E-state index contributed by atoms with van der Waals surface area (Å²) in [5, 5.41) is 4.00. The highest BCUT2D eigenvalue weighted by Gasteiger charge is 2.29. The number of anilines is 1. The van der Waals surface area contributed by atoms with Crippen LogP contribution in [0.15, 0.2) is 21.7 Å². The highest BCUT2D eigenvalue weighted by molar-refractivity contribution is 5.35. The standard InChI is InChI=1S/C17H20F3N5O2/c1-10-12(18)5-4-11(13(10)19)14(20)24-6-8-25(9-7-24)15-16(26)22(2)17(27)23(3)21-15/h4-5,14H,6-9H2,1-3H3. The van der Waals surface area contributed by atoms with Crippen LogP contribution >= 0.6 is 0 Å². The van der Waals surface area contributed by atoms with Gasteiger partial charge in [0.1, 0.15) is 11.6 Å². The molecule has 0 amide bonds. The van der Waals surface area contributed by atoms with E-state index in [9.17, 15) is 22.8 Å². The topological polar surface area (TPSA) is 63.4 Å². The van der Waals surface area contributed by atoms with Crippen molar-refractivity contribution in [2.75, 3.05) is 31.1 Å². The second kappa shape index (κ2) is 7.18. The molecule has 146 valence electrons. The van der Waals surface area contributed by atoms with Gasteiger partial charge in [-0.1, -0.05) is 0 Å². The third-order valence-electron chi connectivity index (χ3n) is 4.85. The molecular formula is C17H20F3N5O2. The molecule has 27 heavy (non-hydrogen) atoms. The highest BCUT2D eigenvalue weighted by atomic mass is 19.1. The van der Waals surface area contributed by atoms with E-state index >= 15 is 0 Å². The molecule has 2 heterocycles. The van der Waals surface area contributed by atoms with Gasteiger partial charge in [-0.2, -0.15) is 0 Å². The number of aromatic nitrogens is 3. The van der Waals surface area contributed by atoms with Gasteiger partial charge in [-0.15, -0.1) is 5.10 Å². The molecular weight excluding hydrogens is 363 g/mol. The second-order valence-electron chi connectivity index (χ2n) is 6.53. The lowest BCUT2D eigenvalue weighted by Gasteiger charge is -2.36. The van der Waals surface area contributed by atoms with E-state index in [1.54, 1.807) is 4.90 Å². The maximum absolute atomic E-state index is 14.8. The third-order valence-corrected chi connectivity index (χ3v) is 4.85. The Kier molecular flexibility index (Phi) is 5.09. The van der Waals surface area contributed by atoms with Gasteiger partial charge < -0.3 is 4.90 Å². The molecule has 10 heteroatoms. The Morgan fingerprint density at radius 3 is 2.33 bits per heavy atom. The van der Waals surface area contributed by atoms with Crippen LogP contribution in [0.2, 0.25) is 0 Å². The first-order valence-corrected chi connectivity index (χ1v) is 8.44. The van der Waals surface area contributed by atoms with Crippen molar-refractivity contribution in [2.24, 2.45) is 14.1 Å². The summed E-state index contributed by atoms with van der Waals surface area (Å²) >= 11 is 0.